The summed E-state index contributed by atoms with van der Waals surface area (Å²) in [5, 5.41) is 0.640. The normalized spacial score (nSPS) is 18.9. The van der Waals surface area contributed by atoms with Crippen LogP contribution in [0.1, 0.15) is 60.0 Å². The van der Waals surface area contributed by atoms with Crippen molar-refractivity contribution in [3.05, 3.63) is 70.2 Å². The Bertz CT molecular complexity index is 943. The van der Waals surface area contributed by atoms with Crippen LogP contribution in [0.3, 0.4) is 0 Å². The Hall–Kier alpha value is -2.04. The Balaban J connectivity index is 1.78. The summed E-state index contributed by atoms with van der Waals surface area (Å²) in [6.45, 7) is 2.02. The third-order valence-corrected chi connectivity index (χ3v) is 6.26. The molecule has 0 atom stereocenters. The topological polar surface area (TPSA) is 32.7 Å². The van der Waals surface area contributed by atoms with Gasteiger partial charge in [0.1, 0.15) is 16.4 Å². The Kier molecular flexibility index (Phi) is 5.35. The molecule has 28 heavy (non-hydrogen) atoms. The van der Waals surface area contributed by atoms with Gasteiger partial charge in [-0.3, -0.25) is 14.7 Å². The lowest BCUT2D eigenvalue weighted by atomic mass is 9.98. The number of carbonyl (C=O) groups excluding carboxylic acids is 1. The van der Waals surface area contributed by atoms with Gasteiger partial charge in [0, 0.05) is 16.1 Å². The summed E-state index contributed by atoms with van der Waals surface area (Å²) in [7, 11) is 0. The van der Waals surface area contributed by atoms with Gasteiger partial charge < -0.3 is 0 Å². The van der Waals surface area contributed by atoms with E-state index in [0.717, 1.165) is 36.8 Å². The van der Waals surface area contributed by atoms with E-state index in [1.165, 1.54) is 12.8 Å². The number of rotatable bonds is 2. The first-order valence-electron chi connectivity index (χ1n) is 9.82. The minimum atomic E-state index is -0.576. The van der Waals surface area contributed by atoms with Crippen molar-refractivity contribution < 1.29 is 4.79 Å². The molecule has 1 aliphatic carbocycles. The Morgan fingerprint density at radius 2 is 1.75 bits per heavy atom. The molecule has 0 bridgehead atoms. The summed E-state index contributed by atoms with van der Waals surface area (Å²) in [6.07, 6.45) is 6.12. The predicted octanol–water partition coefficient (Wildman–Crippen LogP) is 5.97. The van der Waals surface area contributed by atoms with E-state index in [2.05, 4.69) is 0 Å². The maximum absolute atomic E-state index is 13.5. The molecule has 1 fully saturated rings. The molecule has 2 aliphatic rings. The van der Waals surface area contributed by atoms with Crippen LogP contribution in [-0.4, -0.2) is 27.2 Å². The van der Waals surface area contributed by atoms with E-state index < -0.39 is 5.66 Å². The number of halogens is 1. The number of carbonyl (C=O) groups is 1. The van der Waals surface area contributed by atoms with Crippen LogP contribution in [0.15, 0.2) is 53.5 Å². The van der Waals surface area contributed by atoms with E-state index in [-0.39, 0.29) is 5.91 Å². The zero-order valence-corrected chi connectivity index (χ0v) is 17.5. The molecule has 0 saturated heterocycles. The first-order chi connectivity index (χ1) is 13.5. The predicted molar refractivity (Wildman–Crippen MR) is 118 cm³/mol. The fourth-order valence-electron chi connectivity index (χ4n) is 4.16. The number of nitrogens with zero attached hydrogens (tertiary/aromatic N) is 2. The van der Waals surface area contributed by atoms with Gasteiger partial charge in [0.05, 0.1) is 0 Å². The van der Waals surface area contributed by atoms with Gasteiger partial charge in [-0.2, -0.15) is 0 Å². The number of aryl methyl sites for hydroxylation is 1. The van der Waals surface area contributed by atoms with Gasteiger partial charge >= 0.3 is 0 Å². The van der Waals surface area contributed by atoms with Crippen LogP contribution in [0.2, 0.25) is 5.02 Å². The van der Waals surface area contributed by atoms with Crippen molar-refractivity contribution in [2.45, 2.75) is 51.1 Å². The molecule has 0 aromatic heterocycles. The largest absolute Gasteiger partial charge is 0.271 e. The van der Waals surface area contributed by atoms with Crippen LogP contribution >= 0.6 is 23.8 Å². The van der Waals surface area contributed by atoms with Crippen molar-refractivity contribution in [2.75, 3.05) is 0 Å². The van der Waals surface area contributed by atoms with Crippen LogP contribution in [-0.2, 0) is 0 Å². The molecule has 4 rings (SSSR count). The van der Waals surface area contributed by atoms with Crippen molar-refractivity contribution in [3.8, 4) is 0 Å². The molecule has 0 radical (unpaired) electrons. The number of benzene rings is 2. The molecule has 2 aromatic rings. The molecule has 0 N–H and O–H groups in total. The average molecular weight is 411 g/mol. The first-order valence-corrected chi connectivity index (χ1v) is 10.6. The molecule has 1 heterocycles. The Morgan fingerprint density at radius 3 is 2.39 bits per heavy atom. The van der Waals surface area contributed by atoms with Crippen LogP contribution in [0.25, 0.3) is 0 Å². The molecule has 0 unspecified atom stereocenters. The quantitative estimate of drug-likeness (QED) is 0.571. The molecule has 144 valence electrons. The van der Waals surface area contributed by atoms with Gasteiger partial charge in [-0.1, -0.05) is 66.5 Å². The van der Waals surface area contributed by atoms with E-state index in [4.69, 9.17) is 28.8 Å². The second-order valence-electron chi connectivity index (χ2n) is 7.68. The Labute approximate surface area is 176 Å². The van der Waals surface area contributed by atoms with Gasteiger partial charge in [0.2, 0.25) is 0 Å². The van der Waals surface area contributed by atoms with Crippen molar-refractivity contribution in [1.29, 1.82) is 0 Å². The van der Waals surface area contributed by atoms with Crippen molar-refractivity contribution >= 4 is 40.4 Å². The second-order valence-corrected chi connectivity index (χ2v) is 8.50. The summed E-state index contributed by atoms with van der Waals surface area (Å²) >= 11 is 12.0. The number of aliphatic imine (C=N–C) groups is 1. The van der Waals surface area contributed by atoms with E-state index in [9.17, 15) is 4.79 Å². The van der Waals surface area contributed by atoms with Gasteiger partial charge in [-0.05, 0) is 56.9 Å². The summed E-state index contributed by atoms with van der Waals surface area (Å²) in [5.74, 6) is -0.0623. The van der Waals surface area contributed by atoms with Gasteiger partial charge in [0.25, 0.3) is 5.91 Å². The zero-order valence-electron chi connectivity index (χ0n) is 16.0. The minimum Gasteiger partial charge on any atom is -0.271 e. The summed E-state index contributed by atoms with van der Waals surface area (Å²) in [5.41, 5.74) is 2.78. The smallest absolute Gasteiger partial charge is 0.260 e. The fourth-order valence-corrected chi connectivity index (χ4v) is 4.77. The van der Waals surface area contributed by atoms with Gasteiger partial charge in [-0.15, -0.1) is 0 Å². The molecule has 1 amide bonds. The van der Waals surface area contributed by atoms with Crippen LogP contribution < -0.4 is 0 Å². The molecule has 1 saturated carbocycles. The SMILES string of the molecule is Cc1ccc(C(=O)N2C(=S)C(c3cccc(Cl)c3)=NC23CCCCCC3)cc1. The summed E-state index contributed by atoms with van der Waals surface area (Å²) in [4.78, 5) is 20.9. The van der Waals surface area contributed by atoms with E-state index in [1.54, 1.807) is 4.90 Å². The third kappa shape index (κ3) is 3.51. The van der Waals surface area contributed by atoms with Crippen molar-refractivity contribution in [3.63, 3.8) is 0 Å². The molecule has 3 nitrogen and oxygen atoms in total. The second kappa shape index (κ2) is 7.76. The standard InChI is InChI=1S/C23H23ClN2OS/c1-16-9-11-17(12-10-16)21(27)26-22(28)20(18-7-6-8-19(24)15-18)25-23(26)13-4-2-3-5-14-23/h6-12,15H,2-5,13-14H2,1H3. The minimum absolute atomic E-state index is 0.0623. The van der Waals surface area contributed by atoms with Gasteiger partial charge in [-0.25, -0.2) is 0 Å². The van der Waals surface area contributed by atoms with Crippen LogP contribution in [0.5, 0.6) is 0 Å². The molecule has 5 heteroatoms. The van der Waals surface area contributed by atoms with E-state index >= 15 is 0 Å². The lowest BCUT2D eigenvalue weighted by molar-refractivity contribution is 0.0692. The molecule has 1 aliphatic heterocycles. The average Bonchev–Trinajstić information content (AvgIpc) is 2.82. The number of amides is 1. The number of hydrogen-bond donors (Lipinski definition) is 0. The zero-order chi connectivity index (χ0) is 19.7. The Morgan fingerprint density at radius 1 is 1.07 bits per heavy atom. The van der Waals surface area contributed by atoms with E-state index in [0.29, 0.717) is 21.3 Å². The fraction of sp³-hybridized carbons (Fsp3) is 0.348. The number of hydrogen-bond acceptors (Lipinski definition) is 3. The first kappa shape index (κ1) is 19.3. The maximum Gasteiger partial charge on any atom is 0.260 e. The lowest BCUT2D eigenvalue weighted by Gasteiger charge is -2.35. The van der Waals surface area contributed by atoms with Crippen LogP contribution in [0, 0.1) is 6.92 Å². The highest BCUT2D eigenvalue weighted by Gasteiger charge is 2.48. The molecule has 1 spiro atoms. The molecule has 2 aromatic carbocycles. The highest BCUT2D eigenvalue weighted by molar-refractivity contribution is 7.82. The van der Waals surface area contributed by atoms with Crippen molar-refractivity contribution in [2.24, 2.45) is 4.99 Å². The highest BCUT2D eigenvalue weighted by atomic mass is 35.5. The molecular formula is C23H23ClN2OS. The maximum atomic E-state index is 13.5. The summed E-state index contributed by atoms with van der Waals surface area (Å²) < 4.78 is 0. The van der Waals surface area contributed by atoms with Crippen molar-refractivity contribution in [1.82, 2.24) is 4.90 Å². The summed E-state index contributed by atoms with van der Waals surface area (Å²) in [6, 6.07) is 15.2. The third-order valence-electron chi connectivity index (χ3n) is 5.65. The lowest BCUT2D eigenvalue weighted by Crippen LogP contribution is -2.49. The van der Waals surface area contributed by atoms with Crippen LogP contribution in [0.4, 0.5) is 0 Å². The van der Waals surface area contributed by atoms with Gasteiger partial charge in [0.15, 0.2) is 0 Å². The van der Waals surface area contributed by atoms with E-state index in [1.807, 2.05) is 55.5 Å². The molecular weight excluding hydrogens is 388 g/mol. The monoisotopic (exact) mass is 410 g/mol. The number of thiocarbonyl (C=S) groups is 1. The highest BCUT2D eigenvalue weighted by Crippen LogP contribution is 2.40.